The number of hydrogen-bond acceptors (Lipinski definition) is 8. The second-order valence-electron chi connectivity index (χ2n) is 7.06. The van der Waals surface area contributed by atoms with E-state index in [2.05, 4.69) is 15.0 Å². The summed E-state index contributed by atoms with van der Waals surface area (Å²) in [7, 11) is 0. The molecule has 0 aliphatic carbocycles. The van der Waals surface area contributed by atoms with E-state index in [1.807, 2.05) is 18.2 Å². The summed E-state index contributed by atoms with van der Waals surface area (Å²) in [5.41, 5.74) is 6.66. The maximum atomic E-state index is 14.3. The summed E-state index contributed by atoms with van der Waals surface area (Å²) in [6.07, 6.45) is -0.462. The summed E-state index contributed by atoms with van der Waals surface area (Å²) in [4.78, 5) is 12.1. The van der Waals surface area contributed by atoms with Crippen molar-refractivity contribution in [2.45, 2.75) is 24.5 Å². The molecule has 1 saturated heterocycles. The molecule has 5 rings (SSSR count). The number of fused-ring (bicyclic) bond motifs is 2. The number of aliphatic hydroxyl groups excluding tert-OH is 2. The van der Waals surface area contributed by atoms with E-state index in [0.717, 1.165) is 17.1 Å². The topological polar surface area (TPSA) is 129 Å². The standard InChI is InChI=1S/C20H18FN5O4/c21-12-7-26(19-15(12)18(22)24-9-25-19)20-17(28)16(27)14(30-20)8-29-11-4-3-10-2-1-5-23-13(10)6-11/h1-7,9,14,16-17,20,27-28H,8H2,(H2,22,24,25)/t14-,16-,17-,20-/m1/s1. The highest BCUT2D eigenvalue weighted by Gasteiger charge is 2.45. The highest BCUT2D eigenvalue weighted by molar-refractivity contribution is 5.86. The van der Waals surface area contributed by atoms with Crippen LogP contribution in [0.4, 0.5) is 10.2 Å². The van der Waals surface area contributed by atoms with Gasteiger partial charge in [-0.05, 0) is 18.2 Å². The molecule has 10 heteroatoms. The highest BCUT2D eigenvalue weighted by atomic mass is 19.1. The molecule has 0 amide bonds. The lowest BCUT2D eigenvalue weighted by Gasteiger charge is -2.17. The van der Waals surface area contributed by atoms with E-state index >= 15 is 0 Å². The number of aromatic nitrogens is 4. The van der Waals surface area contributed by atoms with Crippen LogP contribution in [0.15, 0.2) is 49.1 Å². The van der Waals surface area contributed by atoms with Crippen LogP contribution in [0.1, 0.15) is 6.23 Å². The number of hydrogen-bond donors (Lipinski definition) is 3. The predicted molar refractivity (Wildman–Crippen MR) is 105 cm³/mol. The Labute approximate surface area is 169 Å². The molecule has 1 aliphatic rings. The van der Waals surface area contributed by atoms with Gasteiger partial charge in [-0.15, -0.1) is 0 Å². The van der Waals surface area contributed by atoms with Crippen molar-refractivity contribution >= 4 is 27.8 Å². The van der Waals surface area contributed by atoms with Crippen LogP contribution >= 0.6 is 0 Å². The van der Waals surface area contributed by atoms with Crippen LogP contribution in [0.5, 0.6) is 5.75 Å². The van der Waals surface area contributed by atoms with Gasteiger partial charge in [0.15, 0.2) is 17.7 Å². The molecular formula is C20H18FN5O4. The number of halogens is 1. The molecule has 0 radical (unpaired) electrons. The van der Waals surface area contributed by atoms with Crippen LogP contribution in [0.3, 0.4) is 0 Å². The van der Waals surface area contributed by atoms with E-state index in [9.17, 15) is 14.6 Å². The van der Waals surface area contributed by atoms with Crippen LogP contribution in [0, 0.1) is 5.82 Å². The van der Waals surface area contributed by atoms with Gasteiger partial charge in [0, 0.05) is 23.8 Å². The monoisotopic (exact) mass is 411 g/mol. The Bertz CT molecular complexity index is 1230. The summed E-state index contributed by atoms with van der Waals surface area (Å²) in [5, 5.41) is 21.9. The van der Waals surface area contributed by atoms with Crippen molar-refractivity contribution < 1.29 is 24.1 Å². The summed E-state index contributed by atoms with van der Waals surface area (Å²) < 4.78 is 27.2. The molecule has 0 bridgehead atoms. The highest BCUT2D eigenvalue weighted by Crippen LogP contribution is 2.34. The summed E-state index contributed by atoms with van der Waals surface area (Å²) in [6, 6.07) is 9.22. The van der Waals surface area contributed by atoms with Gasteiger partial charge in [0.1, 0.15) is 42.8 Å². The Morgan fingerprint density at radius 3 is 2.90 bits per heavy atom. The third-order valence-electron chi connectivity index (χ3n) is 5.20. The molecule has 0 unspecified atom stereocenters. The van der Waals surface area contributed by atoms with Crippen molar-refractivity contribution in [1.29, 1.82) is 0 Å². The largest absolute Gasteiger partial charge is 0.491 e. The average Bonchev–Trinajstić information content (AvgIpc) is 3.24. The van der Waals surface area contributed by atoms with Crippen molar-refractivity contribution in [2.75, 3.05) is 12.3 Å². The Morgan fingerprint density at radius 1 is 1.17 bits per heavy atom. The minimum atomic E-state index is -1.32. The zero-order valence-corrected chi connectivity index (χ0v) is 15.6. The van der Waals surface area contributed by atoms with Gasteiger partial charge in [-0.2, -0.15) is 0 Å². The first-order valence-corrected chi connectivity index (χ1v) is 9.28. The molecule has 4 N–H and O–H groups in total. The molecule has 1 aromatic carbocycles. The zero-order chi connectivity index (χ0) is 20.8. The smallest absolute Gasteiger partial charge is 0.164 e. The van der Waals surface area contributed by atoms with Crippen molar-refractivity contribution in [2.24, 2.45) is 0 Å². The van der Waals surface area contributed by atoms with Crippen LogP contribution in [0.2, 0.25) is 0 Å². The van der Waals surface area contributed by atoms with Gasteiger partial charge >= 0.3 is 0 Å². The van der Waals surface area contributed by atoms with Crippen LogP contribution < -0.4 is 10.5 Å². The molecule has 30 heavy (non-hydrogen) atoms. The van der Waals surface area contributed by atoms with Gasteiger partial charge in [-0.1, -0.05) is 6.07 Å². The minimum Gasteiger partial charge on any atom is -0.491 e. The van der Waals surface area contributed by atoms with Crippen LogP contribution in [0.25, 0.3) is 21.9 Å². The third kappa shape index (κ3) is 3.02. The van der Waals surface area contributed by atoms with E-state index in [1.54, 1.807) is 18.3 Å². The Balaban J connectivity index is 1.36. The van der Waals surface area contributed by atoms with Crippen molar-refractivity contribution in [3.63, 3.8) is 0 Å². The number of ether oxygens (including phenoxy) is 2. The molecule has 4 aromatic rings. The number of nitrogen functional groups attached to an aromatic ring is 1. The van der Waals surface area contributed by atoms with Gasteiger partial charge in [-0.25, -0.2) is 14.4 Å². The van der Waals surface area contributed by atoms with Gasteiger partial charge in [-0.3, -0.25) is 4.98 Å². The van der Waals surface area contributed by atoms with E-state index in [4.69, 9.17) is 15.2 Å². The predicted octanol–water partition coefficient (Wildman–Crippen LogP) is 1.40. The number of nitrogens with zero attached hydrogens (tertiary/aromatic N) is 4. The summed E-state index contributed by atoms with van der Waals surface area (Å²) in [5.74, 6) is -0.112. The number of aliphatic hydroxyl groups is 2. The van der Waals surface area contributed by atoms with E-state index in [0.29, 0.717) is 5.75 Å². The Hall–Kier alpha value is -3.34. The lowest BCUT2D eigenvalue weighted by Crippen LogP contribution is -2.34. The third-order valence-corrected chi connectivity index (χ3v) is 5.20. The maximum Gasteiger partial charge on any atom is 0.164 e. The molecule has 9 nitrogen and oxygen atoms in total. The SMILES string of the molecule is Nc1ncnc2c1c(F)cn2[C@@H]1O[C@H](COc2ccc3cccnc3c2)[C@@H](O)[C@H]1O. The van der Waals surface area contributed by atoms with E-state index in [1.165, 1.54) is 10.9 Å². The molecule has 1 aliphatic heterocycles. The van der Waals surface area contributed by atoms with Gasteiger partial charge in [0.25, 0.3) is 0 Å². The molecular weight excluding hydrogens is 393 g/mol. The minimum absolute atomic E-state index is 0.0194. The van der Waals surface area contributed by atoms with Gasteiger partial charge in [0.05, 0.1) is 10.9 Å². The van der Waals surface area contributed by atoms with Gasteiger partial charge < -0.3 is 30.0 Å². The molecule has 4 atom stereocenters. The molecule has 154 valence electrons. The van der Waals surface area contributed by atoms with Crippen LogP contribution in [-0.4, -0.2) is 54.7 Å². The molecule has 3 aromatic heterocycles. The van der Waals surface area contributed by atoms with Crippen LogP contribution in [-0.2, 0) is 4.74 Å². The van der Waals surface area contributed by atoms with E-state index in [-0.39, 0.29) is 23.5 Å². The summed E-state index contributed by atoms with van der Waals surface area (Å²) in [6.45, 7) is -0.0220. The lowest BCUT2D eigenvalue weighted by molar-refractivity contribution is -0.0473. The molecule has 4 heterocycles. The fourth-order valence-electron chi connectivity index (χ4n) is 3.67. The fourth-order valence-corrected chi connectivity index (χ4v) is 3.67. The van der Waals surface area contributed by atoms with Gasteiger partial charge in [0.2, 0.25) is 0 Å². The van der Waals surface area contributed by atoms with Crippen molar-refractivity contribution in [3.05, 3.63) is 54.9 Å². The zero-order valence-electron chi connectivity index (χ0n) is 15.6. The average molecular weight is 411 g/mol. The Kier molecular flexibility index (Phi) is 4.46. The van der Waals surface area contributed by atoms with Crippen molar-refractivity contribution in [1.82, 2.24) is 19.5 Å². The maximum absolute atomic E-state index is 14.3. The molecule has 0 saturated carbocycles. The lowest BCUT2D eigenvalue weighted by atomic mass is 10.1. The molecule has 1 fully saturated rings. The van der Waals surface area contributed by atoms with Crippen molar-refractivity contribution in [3.8, 4) is 5.75 Å². The first-order chi connectivity index (χ1) is 14.5. The quantitative estimate of drug-likeness (QED) is 0.460. The normalized spacial score (nSPS) is 24.0. The Morgan fingerprint density at radius 2 is 2.03 bits per heavy atom. The first kappa shape index (κ1) is 18.7. The number of pyridine rings is 1. The number of rotatable bonds is 4. The van der Waals surface area contributed by atoms with E-state index < -0.39 is 30.4 Å². The second kappa shape index (κ2) is 7.17. The second-order valence-corrected chi connectivity index (χ2v) is 7.06. The number of nitrogens with two attached hydrogens (primary N) is 1. The first-order valence-electron chi connectivity index (χ1n) is 9.28. The summed E-state index contributed by atoms with van der Waals surface area (Å²) >= 11 is 0. The number of anilines is 1. The molecule has 0 spiro atoms. The number of benzene rings is 1. The fraction of sp³-hybridized carbons (Fsp3) is 0.250.